The molecule has 0 aliphatic carbocycles. The monoisotopic (exact) mass is 879 g/mol. The van der Waals surface area contributed by atoms with Crippen molar-refractivity contribution in [3.63, 3.8) is 0 Å². The fourth-order valence-corrected chi connectivity index (χ4v) is 9.86. The van der Waals surface area contributed by atoms with Gasteiger partial charge in [-0.3, -0.25) is 9.69 Å². The first-order valence-corrected chi connectivity index (χ1v) is 22.7. The Morgan fingerprint density at radius 1 is 1.00 bits per heavy atom. The van der Waals surface area contributed by atoms with Crippen LogP contribution in [0, 0.1) is 17.8 Å². The molecule has 3 fully saturated rings. The van der Waals surface area contributed by atoms with Crippen molar-refractivity contribution in [2.45, 2.75) is 204 Å². The minimum absolute atomic E-state index is 0.104. The molecule has 3 aliphatic rings. The minimum Gasteiger partial charge on any atom is -0.459 e. The summed E-state index contributed by atoms with van der Waals surface area (Å²) in [5.41, 5.74) is 1.10. The van der Waals surface area contributed by atoms with Gasteiger partial charge < -0.3 is 75.0 Å². The van der Waals surface area contributed by atoms with Gasteiger partial charge in [-0.15, -0.1) is 0 Å². The normalized spacial score (nSPS) is 44.6. The van der Waals surface area contributed by atoms with Crippen molar-refractivity contribution in [3.05, 3.63) is 0 Å². The average Bonchev–Trinajstić information content (AvgIpc) is 3.18. The Morgan fingerprint density at radius 2 is 1.66 bits per heavy atom. The highest BCUT2D eigenvalue weighted by Gasteiger charge is 2.53. The number of esters is 1. The molecule has 0 aromatic rings. The Balaban J connectivity index is 2.09. The maximum absolute atomic E-state index is 14.4. The third kappa shape index (κ3) is 13.9. The lowest BCUT2D eigenvalue weighted by atomic mass is 9.77. The van der Waals surface area contributed by atoms with Crippen LogP contribution < -0.4 is 11.1 Å². The number of ether oxygens (including phenoxy) is 6. The summed E-state index contributed by atoms with van der Waals surface area (Å²) in [5, 5.41) is 73.3. The largest absolute Gasteiger partial charge is 0.459 e. The summed E-state index contributed by atoms with van der Waals surface area (Å²) < 4.78 is 38.0. The number of aliphatic hydroxyl groups is 6. The molecule has 0 aromatic heterocycles. The first-order chi connectivity index (χ1) is 28.3. The van der Waals surface area contributed by atoms with Crippen molar-refractivity contribution in [1.29, 1.82) is 0 Å². The maximum Gasteiger partial charge on any atom is 0.311 e. The third-order valence-electron chi connectivity index (χ3n) is 13.8. The highest BCUT2D eigenvalue weighted by molar-refractivity contribution is 5.73. The van der Waals surface area contributed by atoms with Crippen molar-refractivity contribution in [2.75, 3.05) is 53.9 Å². The highest BCUT2D eigenvalue weighted by atomic mass is 16.7. The molecule has 0 spiro atoms. The standard InChI is InChI=1S/C44H86N4O13/c1-14-33-44(10,55)37(51)29(6)47(11)23-25(2)20-42(8,54)39(27(4)36(28(5)40(53)59-33)60-34-21-43(9,56-13)38(52)30(7)58-34)61-41-35(50)32(19-26(3)57-41)48(12)24-31(49)22-46-18-16-15-17-45/h25-39,41,46,49-52,54-55H,14-24,45H2,1-13H3/t25-,26-,27+,28-,29-,30+,31?,32?,33-,34+,35-,36+,37-,38+,39-,41+,42-,43-,44-/m1/s1. The zero-order chi connectivity index (χ0) is 46.2. The quantitative estimate of drug-likeness (QED) is 0.0845. The van der Waals surface area contributed by atoms with Gasteiger partial charge in [0.15, 0.2) is 12.6 Å². The molecule has 3 heterocycles. The van der Waals surface area contributed by atoms with E-state index in [9.17, 15) is 35.4 Å². The van der Waals surface area contributed by atoms with E-state index in [0.717, 1.165) is 19.4 Å². The lowest BCUT2D eigenvalue weighted by Gasteiger charge is -2.49. The van der Waals surface area contributed by atoms with Crippen molar-refractivity contribution in [3.8, 4) is 0 Å². The van der Waals surface area contributed by atoms with E-state index in [1.165, 1.54) is 14.0 Å². The van der Waals surface area contributed by atoms with Gasteiger partial charge in [0.05, 0.1) is 47.6 Å². The van der Waals surface area contributed by atoms with Crippen molar-refractivity contribution < 1.29 is 63.9 Å². The van der Waals surface area contributed by atoms with Crippen molar-refractivity contribution in [1.82, 2.24) is 15.1 Å². The van der Waals surface area contributed by atoms with Gasteiger partial charge in [-0.2, -0.15) is 0 Å². The molecule has 61 heavy (non-hydrogen) atoms. The zero-order valence-electron chi connectivity index (χ0n) is 39.5. The van der Waals surface area contributed by atoms with Gasteiger partial charge in [-0.25, -0.2) is 0 Å². The zero-order valence-corrected chi connectivity index (χ0v) is 39.5. The first-order valence-electron chi connectivity index (χ1n) is 22.7. The second-order valence-corrected chi connectivity index (χ2v) is 19.5. The van der Waals surface area contributed by atoms with E-state index in [0.29, 0.717) is 26.1 Å². The molecule has 9 N–H and O–H groups in total. The third-order valence-corrected chi connectivity index (χ3v) is 13.8. The number of aliphatic hydroxyl groups excluding tert-OH is 4. The number of unbranched alkanes of at least 4 members (excludes halogenated alkanes) is 1. The van der Waals surface area contributed by atoms with Crippen LogP contribution in [0.2, 0.25) is 0 Å². The van der Waals surface area contributed by atoms with E-state index in [4.69, 9.17) is 34.2 Å². The van der Waals surface area contributed by atoms with Gasteiger partial charge in [0.25, 0.3) is 0 Å². The lowest BCUT2D eigenvalue weighted by Crippen LogP contribution is -2.61. The summed E-state index contributed by atoms with van der Waals surface area (Å²) in [4.78, 5) is 18.2. The summed E-state index contributed by atoms with van der Waals surface area (Å²) in [6, 6.07) is -1.04. The second kappa shape index (κ2) is 23.4. The Labute approximate surface area is 365 Å². The molecule has 19 atom stereocenters. The molecule has 0 saturated carbocycles. The summed E-state index contributed by atoms with van der Waals surface area (Å²) >= 11 is 0. The molecule has 3 rings (SSSR count). The van der Waals surface area contributed by atoms with Gasteiger partial charge >= 0.3 is 5.97 Å². The van der Waals surface area contributed by atoms with Gasteiger partial charge in [-0.1, -0.05) is 20.8 Å². The SMILES string of the molecule is CC[C@H]1OC(=O)[C@H](C)[C@@H](O[C@H]2C[C@@](C)(OC)[C@@H](O)[C@H](C)O2)[C@H](C)[C@@H](O[C@@H]2O[C@H](C)CC(N(C)CC(O)CNCCCCN)[C@H]2O)[C@](C)(O)C[C@@H](C)CN(C)[C@H](C)[C@@H](O)[C@]1(C)O. The first kappa shape index (κ1) is 54.2. The van der Waals surface area contributed by atoms with Crippen molar-refractivity contribution >= 4 is 5.97 Å². The molecule has 3 aliphatic heterocycles. The Morgan fingerprint density at radius 3 is 2.26 bits per heavy atom. The van der Waals surface area contributed by atoms with E-state index >= 15 is 0 Å². The number of hydrogen-bond donors (Lipinski definition) is 8. The van der Waals surface area contributed by atoms with Crippen LogP contribution in [0.5, 0.6) is 0 Å². The van der Waals surface area contributed by atoms with E-state index < -0.39 is 108 Å². The van der Waals surface area contributed by atoms with Crippen LogP contribution in [0.25, 0.3) is 0 Å². The summed E-state index contributed by atoms with van der Waals surface area (Å²) in [5.74, 6) is -2.77. The topological polar surface area (TPSA) is 238 Å². The van der Waals surface area contributed by atoms with Crippen LogP contribution in [-0.2, 0) is 33.2 Å². The minimum atomic E-state index is -1.83. The summed E-state index contributed by atoms with van der Waals surface area (Å²) in [6.07, 6.45) is -8.00. The van der Waals surface area contributed by atoms with Crippen LogP contribution in [0.15, 0.2) is 0 Å². The van der Waals surface area contributed by atoms with Gasteiger partial charge in [0.1, 0.15) is 30.0 Å². The van der Waals surface area contributed by atoms with Crippen LogP contribution in [-0.4, -0.2) is 197 Å². The van der Waals surface area contributed by atoms with Crippen LogP contribution in [0.4, 0.5) is 0 Å². The van der Waals surface area contributed by atoms with Gasteiger partial charge in [0, 0.05) is 51.2 Å². The number of nitrogens with two attached hydrogens (primary N) is 1. The van der Waals surface area contributed by atoms with E-state index in [1.807, 2.05) is 37.7 Å². The fraction of sp³-hybridized carbons (Fsp3) is 0.977. The number of nitrogens with one attached hydrogen (secondary N) is 1. The number of rotatable bonds is 15. The molecular weight excluding hydrogens is 792 g/mol. The molecule has 17 nitrogen and oxygen atoms in total. The summed E-state index contributed by atoms with van der Waals surface area (Å²) in [7, 11) is 5.17. The van der Waals surface area contributed by atoms with Crippen molar-refractivity contribution in [2.24, 2.45) is 23.5 Å². The number of nitrogens with zero attached hydrogens (tertiary/aromatic N) is 2. The number of cyclic esters (lactones) is 1. The molecule has 360 valence electrons. The summed E-state index contributed by atoms with van der Waals surface area (Å²) in [6.45, 7) is 19.9. The van der Waals surface area contributed by atoms with Crippen LogP contribution in [0.1, 0.15) is 108 Å². The average molecular weight is 879 g/mol. The van der Waals surface area contributed by atoms with E-state index in [1.54, 1.807) is 48.5 Å². The lowest BCUT2D eigenvalue weighted by molar-refractivity contribution is -0.318. The number of hydrogen-bond acceptors (Lipinski definition) is 17. The number of likely N-dealkylation sites (N-methyl/N-ethyl adjacent to an activating group) is 2. The van der Waals surface area contributed by atoms with E-state index in [-0.39, 0.29) is 37.8 Å². The Hall–Kier alpha value is -1.13. The molecule has 0 aromatic carbocycles. The van der Waals surface area contributed by atoms with E-state index in [2.05, 4.69) is 5.32 Å². The van der Waals surface area contributed by atoms with Gasteiger partial charge in [-0.05, 0) is 114 Å². The molecule has 2 unspecified atom stereocenters. The Kier molecular flexibility index (Phi) is 20.8. The fourth-order valence-electron chi connectivity index (χ4n) is 9.86. The molecule has 0 bridgehead atoms. The smallest absolute Gasteiger partial charge is 0.311 e. The molecule has 3 saturated heterocycles. The highest BCUT2D eigenvalue weighted by Crippen LogP contribution is 2.40. The molecule has 0 radical (unpaired) electrons. The van der Waals surface area contributed by atoms with Gasteiger partial charge in [0.2, 0.25) is 0 Å². The van der Waals surface area contributed by atoms with Crippen LogP contribution >= 0.6 is 0 Å². The second-order valence-electron chi connectivity index (χ2n) is 19.5. The number of carbonyl (C=O) groups is 1. The number of methoxy groups -OCH3 is 1. The Bertz CT molecular complexity index is 1320. The molecule has 17 heteroatoms. The number of carbonyl (C=O) groups excluding carboxylic acids is 1. The molecule has 0 amide bonds. The van der Waals surface area contributed by atoms with Crippen LogP contribution in [0.3, 0.4) is 0 Å². The predicted molar refractivity (Wildman–Crippen MR) is 230 cm³/mol. The molecular formula is C44H86N4O13. The predicted octanol–water partition coefficient (Wildman–Crippen LogP) is 0.960. The maximum atomic E-state index is 14.4.